The summed E-state index contributed by atoms with van der Waals surface area (Å²) in [5, 5.41) is 8.86. The number of carbonyl (C=O) groups is 1. The Morgan fingerprint density at radius 2 is 2.44 bits per heavy atom. The summed E-state index contributed by atoms with van der Waals surface area (Å²) in [4.78, 5) is 17.3. The third-order valence-electron chi connectivity index (χ3n) is 3.61. The predicted molar refractivity (Wildman–Crippen MR) is 69.2 cm³/mol. The lowest BCUT2D eigenvalue weighted by atomic mass is 9.94. The van der Waals surface area contributed by atoms with Gasteiger partial charge < -0.3 is 5.11 Å². The topological polar surface area (TPSA) is 53.4 Å². The summed E-state index contributed by atoms with van der Waals surface area (Å²) in [6, 6.07) is 2.02. The number of carboxylic acids is 1. The summed E-state index contributed by atoms with van der Waals surface area (Å²) in [6.45, 7) is 4.93. The van der Waals surface area contributed by atoms with Crippen LogP contribution in [0.5, 0.6) is 0 Å². The van der Waals surface area contributed by atoms with Crippen molar-refractivity contribution in [1.29, 1.82) is 0 Å². The average molecular weight is 248 g/mol. The smallest absolute Gasteiger partial charge is 0.303 e. The second-order valence-electron chi connectivity index (χ2n) is 5.14. The molecular formula is C14H20N2O2. The fourth-order valence-corrected chi connectivity index (χ4v) is 2.61. The minimum absolute atomic E-state index is 0.294. The highest BCUT2D eigenvalue weighted by Crippen LogP contribution is 2.21. The van der Waals surface area contributed by atoms with Gasteiger partial charge in [0.2, 0.25) is 0 Å². The van der Waals surface area contributed by atoms with E-state index in [1.165, 1.54) is 11.1 Å². The third-order valence-corrected chi connectivity index (χ3v) is 3.61. The number of hydrogen-bond acceptors (Lipinski definition) is 3. The summed E-state index contributed by atoms with van der Waals surface area (Å²) in [7, 11) is 0. The summed E-state index contributed by atoms with van der Waals surface area (Å²) < 4.78 is 0. The first-order valence-electron chi connectivity index (χ1n) is 6.49. The van der Waals surface area contributed by atoms with Crippen molar-refractivity contribution in [2.75, 3.05) is 13.1 Å². The maximum absolute atomic E-state index is 10.8. The molecule has 0 amide bonds. The van der Waals surface area contributed by atoms with Gasteiger partial charge in [-0.05, 0) is 49.4 Å². The van der Waals surface area contributed by atoms with Crippen LogP contribution in [0.1, 0.15) is 30.4 Å². The van der Waals surface area contributed by atoms with Crippen LogP contribution in [-0.4, -0.2) is 34.0 Å². The van der Waals surface area contributed by atoms with Crippen LogP contribution in [0.15, 0.2) is 18.5 Å². The van der Waals surface area contributed by atoms with Gasteiger partial charge in [-0.25, -0.2) is 0 Å². The zero-order valence-corrected chi connectivity index (χ0v) is 10.8. The van der Waals surface area contributed by atoms with Gasteiger partial charge in [-0.15, -0.1) is 0 Å². The van der Waals surface area contributed by atoms with Gasteiger partial charge in [0.25, 0.3) is 0 Å². The fourth-order valence-electron chi connectivity index (χ4n) is 2.61. The van der Waals surface area contributed by atoms with Crippen molar-refractivity contribution in [3.05, 3.63) is 29.6 Å². The Balaban J connectivity index is 1.93. The number of rotatable bonds is 4. The third kappa shape index (κ3) is 3.53. The predicted octanol–water partition coefficient (Wildman–Crippen LogP) is 2.08. The van der Waals surface area contributed by atoms with Gasteiger partial charge in [0.1, 0.15) is 0 Å². The van der Waals surface area contributed by atoms with Gasteiger partial charge in [0.15, 0.2) is 0 Å². The Labute approximate surface area is 108 Å². The molecule has 0 saturated carbocycles. The van der Waals surface area contributed by atoms with Gasteiger partial charge in [-0.2, -0.15) is 0 Å². The molecule has 98 valence electrons. The Bertz CT molecular complexity index is 420. The molecule has 0 aromatic carbocycles. The first kappa shape index (κ1) is 13.0. The SMILES string of the molecule is Cc1ccncc1CN1CCCC(CC(=O)O)C1. The molecule has 0 radical (unpaired) electrons. The molecule has 18 heavy (non-hydrogen) atoms. The first-order valence-corrected chi connectivity index (χ1v) is 6.49. The molecule has 1 aliphatic rings. The van der Waals surface area contributed by atoms with E-state index in [9.17, 15) is 4.79 Å². The monoisotopic (exact) mass is 248 g/mol. The zero-order valence-electron chi connectivity index (χ0n) is 10.8. The van der Waals surface area contributed by atoms with Crippen molar-refractivity contribution < 1.29 is 9.90 Å². The highest BCUT2D eigenvalue weighted by molar-refractivity contribution is 5.67. The molecule has 2 heterocycles. The highest BCUT2D eigenvalue weighted by Gasteiger charge is 2.22. The maximum Gasteiger partial charge on any atom is 0.303 e. The van der Waals surface area contributed by atoms with Crippen LogP contribution in [0.3, 0.4) is 0 Å². The minimum atomic E-state index is -0.681. The molecule has 1 aromatic rings. The van der Waals surface area contributed by atoms with Gasteiger partial charge in [0.05, 0.1) is 0 Å². The van der Waals surface area contributed by atoms with E-state index in [1.807, 2.05) is 18.5 Å². The lowest BCUT2D eigenvalue weighted by molar-refractivity contribution is -0.138. The fraction of sp³-hybridized carbons (Fsp3) is 0.571. The molecule has 1 aliphatic heterocycles. The molecule has 0 spiro atoms. The minimum Gasteiger partial charge on any atom is -0.481 e. The standard InChI is InChI=1S/C14H20N2O2/c1-11-4-5-15-8-13(11)10-16-6-2-3-12(9-16)7-14(17)18/h4-5,8,12H,2-3,6-7,9-10H2,1H3,(H,17,18). The summed E-state index contributed by atoms with van der Waals surface area (Å²) >= 11 is 0. The molecule has 1 N–H and O–H groups in total. The van der Waals surface area contributed by atoms with Gasteiger partial charge in [-0.3, -0.25) is 14.7 Å². The molecule has 1 atom stereocenters. The number of likely N-dealkylation sites (tertiary alicyclic amines) is 1. The second kappa shape index (κ2) is 5.96. The summed E-state index contributed by atoms with van der Waals surface area (Å²) in [5.41, 5.74) is 2.50. The van der Waals surface area contributed by atoms with E-state index in [1.54, 1.807) is 0 Å². The van der Waals surface area contributed by atoms with Crippen LogP contribution < -0.4 is 0 Å². The van der Waals surface area contributed by atoms with E-state index in [0.717, 1.165) is 32.5 Å². The van der Waals surface area contributed by atoms with Crippen LogP contribution >= 0.6 is 0 Å². The maximum atomic E-state index is 10.8. The number of aromatic nitrogens is 1. The molecule has 4 nitrogen and oxygen atoms in total. The molecule has 0 bridgehead atoms. The van der Waals surface area contributed by atoms with Crippen LogP contribution in [0, 0.1) is 12.8 Å². The lowest BCUT2D eigenvalue weighted by Crippen LogP contribution is -2.35. The van der Waals surface area contributed by atoms with Gasteiger partial charge in [-0.1, -0.05) is 0 Å². The second-order valence-corrected chi connectivity index (χ2v) is 5.14. The largest absolute Gasteiger partial charge is 0.481 e. The zero-order chi connectivity index (χ0) is 13.0. The van der Waals surface area contributed by atoms with E-state index in [4.69, 9.17) is 5.11 Å². The number of carboxylic acid groups (broad SMARTS) is 1. The highest BCUT2D eigenvalue weighted by atomic mass is 16.4. The van der Waals surface area contributed by atoms with Crippen molar-refractivity contribution in [2.45, 2.75) is 32.7 Å². The number of aliphatic carboxylic acids is 1. The Morgan fingerprint density at radius 3 is 3.17 bits per heavy atom. The van der Waals surface area contributed by atoms with Crippen molar-refractivity contribution in [2.24, 2.45) is 5.92 Å². The Kier molecular flexibility index (Phi) is 4.31. The summed E-state index contributed by atoms with van der Waals surface area (Å²) in [5.74, 6) is -0.382. The molecule has 0 aliphatic carbocycles. The Hall–Kier alpha value is -1.42. The molecule has 1 aromatic heterocycles. The first-order chi connectivity index (χ1) is 8.65. The summed E-state index contributed by atoms with van der Waals surface area (Å²) in [6.07, 6.45) is 6.15. The number of aryl methyl sites for hydroxylation is 1. The van der Waals surface area contributed by atoms with Crippen LogP contribution in [0.2, 0.25) is 0 Å². The van der Waals surface area contributed by atoms with Crippen LogP contribution in [0.25, 0.3) is 0 Å². The Morgan fingerprint density at radius 1 is 1.61 bits per heavy atom. The van der Waals surface area contributed by atoms with E-state index < -0.39 is 5.97 Å². The average Bonchev–Trinajstić information content (AvgIpc) is 2.32. The molecule has 1 fully saturated rings. The van der Waals surface area contributed by atoms with Gasteiger partial charge in [0, 0.05) is 31.9 Å². The van der Waals surface area contributed by atoms with Crippen LogP contribution in [-0.2, 0) is 11.3 Å². The van der Waals surface area contributed by atoms with Crippen molar-refractivity contribution in [3.8, 4) is 0 Å². The van der Waals surface area contributed by atoms with Crippen molar-refractivity contribution in [3.63, 3.8) is 0 Å². The molecule has 2 rings (SSSR count). The van der Waals surface area contributed by atoms with E-state index >= 15 is 0 Å². The number of nitrogens with zero attached hydrogens (tertiary/aromatic N) is 2. The number of hydrogen-bond donors (Lipinski definition) is 1. The van der Waals surface area contributed by atoms with Crippen molar-refractivity contribution >= 4 is 5.97 Å². The molecule has 1 unspecified atom stereocenters. The number of pyridine rings is 1. The molecule has 4 heteroatoms. The normalized spacial score (nSPS) is 20.8. The molecular weight excluding hydrogens is 228 g/mol. The van der Waals surface area contributed by atoms with E-state index in [2.05, 4.69) is 16.8 Å². The van der Waals surface area contributed by atoms with E-state index in [-0.39, 0.29) is 0 Å². The lowest BCUT2D eigenvalue weighted by Gasteiger charge is -2.32. The van der Waals surface area contributed by atoms with Gasteiger partial charge >= 0.3 is 5.97 Å². The molecule has 1 saturated heterocycles. The van der Waals surface area contributed by atoms with Crippen LogP contribution in [0.4, 0.5) is 0 Å². The quantitative estimate of drug-likeness (QED) is 0.886. The van der Waals surface area contributed by atoms with E-state index in [0.29, 0.717) is 12.3 Å². The number of piperidine rings is 1. The van der Waals surface area contributed by atoms with Crippen molar-refractivity contribution in [1.82, 2.24) is 9.88 Å².